The highest BCUT2D eigenvalue weighted by Crippen LogP contribution is 2.35. The third kappa shape index (κ3) is 5.02. The Balaban J connectivity index is 4.97. The van der Waals surface area contributed by atoms with Crippen LogP contribution in [0.2, 0.25) is 0 Å². The Morgan fingerprint density at radius 3 is 1.80 bits per heavy atom. The summed E-state index contributed by atoms with van der Waals surface area (Å²) in [6.45, 7) is 3.60. The van der Waals surface area contributed by atoms with Crippen LogP contribution in [0.5, 0.6) is 0 Å². The number of sulfonamides is 1. The monoisotopic (exact) mass is 265 g/mol. The van der Waals surface area contributed by atoms with Crippen LogP contribution in [0.4, 0.5) is 13.2 Å². The smallest absolute Gasteiger partial charge is 0.195 e. The van der Waals surface area contributed by atoms with Crippen molar-refractivity contribution in [2.24, 2.45) is 4.15 Å². The molecule has 0 N–H and O–H groups in total. The van der Waals surface area contributed by atoms with Crippen molar-refractivity contribution in [3.05, 3.63) is 0 Å². The van der Waals surface area contributed by atoms with Crippen molar-refractivity contribution in [3.8, 4) is 0 Å². The van der Waals surface area contributed by atoms with Gasteiger partial charge in [0.15, 0.2) is 0 Å². The maximum absolute atomic E-state index is 12.0. The molecule has 15 heavy (non-hydrogen) atoms. The minimum absolute atomic E-state index is 0.466. The molecule has 8 heteroatoms. The quantitative estimate of drug-likeness (QED) is 0.717. The predicted molar refractivity (Wildman–Crippen MR) is 56.0 cm³/mol. The van der Waals surface area contributed by atoms with Crippen LogP contribution in [0.1, 0.15) is 26.7 Å². The van der Waals surface area contributed by atoms with Gasteiger partial charge in [-0.1, -0.05) is 26.7 Å². The molecule has 3 nitrogen and oxygen atoms in total. The van der Waals surface area contributed by atoms with E-state index in [1.165, 1.54) is 0 Å². The van der Waals surface area contributed by atoms with Crippen LogP contribution in [0, 0.1) is 0 Å². The molecule has 0 atom stereocenters. The molecule has 0 aliphatic rings. The topological polar surface area (TPSA) is 46.5 Å². The minimum atomic E-state index is -5.27. The maximum atomic E-state index is 12.0. The van der Waals surface area contributed by atoms with Gasteiger partial charge in [-0.15, -0.1) is 0 Å². The first-order chi connectivity index (χ1) is 6.74. The van der Waals surface area contributed by atoms with Crippen LogP contribution in [0.3, 0.4) is 0 Å². The van der Waals surface area contributed by atoms with Crippen LogP contribution >= 0.6 is 7.71 Å². The lowest BCUT2D eigenvalue weighted by atomic mass is 10.6. The Morgan fingerprint density at radius 2 is 1.53 bits per heavy atom. The van der Waals surface area contributed by atoms with E-state index in [1.54, 1.807) is 13.8 Å². The third-order valence-electron chi connectivity index (χ3n) is 1.62. The first kappa shape index (κ1) is 15.0. The van der Waals surface area contributed by atoms with Crippen molar-refractivity contribution in [3.63, 3.8) is 0 Å². The molecule has 0 saturated carbocycles. The molecule has 0 spiro atoms. The van der Waals surface area contributed by atoms with E-state index in [2.05, 4.69) is 4.15 Å². The zero-order chi connectivity index (χ0) is 12.1. The number of hydrogen-bond acceptors (Lipinski definition) is 2. The summed E-state index contributed by atoms with van der Waals surface area (Å²) in [6, 6.07) is 0. The Bertz CT molecular complexity index is 316. The molecule has 0 radical (unpaired) electrons. The van der Waals surface area contributed by atoms with Gasteiger partial charge in [0, 0.05) is 0 Å². The second-order valence-electron chi connectivity index (χ2n) is 3.08. The van der Waals surface area contributed by atoms with Crippen molar-refractivity contribution >= 4 is 17.7 Å². The molecule has 0 saturated heterocycles. The van der Waals surface area contributed by atoms with E-state index in [0.29, 0.717) is 25.2 Å². The fraction of sp³-hybridized carbons (Fsp3) is 1.00. The van der Waals surface area contributed by atoms with Gasteiger partial charge in [-0.05, 0) is 20.0 Å². The van der Waals surface area contributed by atoms with E-state index in [1.807, 2.05) is 0 Å². The number of alkyl halides is 3. The molecule has 92 valence electrons. The molecule has 0 aliphatic carbocycles. The molecule has 0 fully saturated rings. The van der Waals surface area contributed by atoms with Gasteiger partial charge in [-0.3, -0.25) is 0 Å². The minimum Gasteiger partial charge on any atom is -0.195 e. The summed E-state index contributed by atoms with van der Waals surface area (Å²) < 4.78 is 60.5. The SMILES string of the molecule is CCC[PH](CCC)=NS(=O)(=O)C(F)(F)F. The van der Waals surface area contributed by atoms with Gasteiger partial charge >= 0.3 is 15.5 Å². The van der Waals surface area contributed by atoms with Gasteiger partial charge < -0.3 is 0 Å². The maximum Gasteiger partial charge on any atom is 0.518 e. The lowest BCUT2D eigenvalue weighted by molar-refractivity contribution is -0.0434. The molecular weight excluding hydrogens is 250 g/mol. The molecular formula is C7H15F3NO2PS. The standard InChI is InChI=1S/C7H15F3NO2PS/c1-3-5-14(6-4-2)11-15(12,13)7(8,9)10/h14H,3-6H2,1-2H3. The van der Waals surface area contributed by atoms with Crippen molar-refractivity contribution in [1.82, 2.24) is 0 Å². The van der Waals surface area contributed by atoms with E-state index < -0.39 is 23.2 Å². The zero-order valence-electron chi connectivity index (χ0n) is 8.63. The van der Waals surface area contributed by atoms with E-state index in [0.717, 1.165) is 0 Å². The van der Waals surface area contributed by atoms with E-state index in [-0.39, 0.29) is 0 Å². The molecule has 0 heterocycles. The predicted octanol–water partition coefficient (Wildman–Crippen LogP) is 3.05. The van der Waals surface area contributed by atoms with Gasteiger partial charge in [0.2, 0.25) is 0 Å². The van der Waals surface area contributed by atoms with Gasteiger partial charge in [0.25, 0.3) is 0 Å². The van der Waals surface area contributed by atoms with Crippen LogP contribution in [-0.2, 0) is 10.0 Å². The van der Waals surface area contributed by atoms with Crippen molar-refractivity contribution in [2.75, 3.05) is 12.3 Å². The summed E-state index contributed by atoms with van der Waals surface area (Å²) in [7, 11) is -7.04. The molecule has 0 unspecified atom stereocenters. The number of nitrogens with zero attached hydrogens (tertiary/aromatic N) is 1. The summed E-state index contributed by atoms with van der Waals surface area (Å²) >= 11 is 0. The molecule has 0 rings (SSSR count). The Morgan fingerprint density at radius 1 is 1.13 bits per heavy atom. The van der Waals surface area contributed by atoms with Crippen LogP contribution in [0.25, 0.3) is 0 Å². The normalized spacial score (nSPS) is 13.2. The Labute approximate surface area is 88.6 Å². The first-order valence-electron chi connectivity index (χ1n) is 4.63. The van der Waals surface area contributed by atoms with Crippen molar-refractivity contribution in [1.29, 1.82) is 0 Å². The molecule has 0 aliphatic heterocycles. The highest BCUT2D eigenvalue weighted by atomic mass is 32.2. The summed E-state index contributed by atoms with van der Waals surface area (Å²) in [5.74, 6) is 0. The first-order valence-corrected chi connectivity index (χ1v) is 7.93. The summed E-state index contributed by atoms with van der Waals surface area (Å²) in [5.41, 5.74) is -5.25. The summed E-state index contributed by atoms with van der Waals surface area (Å²) in [6.07, 6.45) is 2.25. The van der Waals surface area contributed by atoms with E-state index >= 15 is 0 Å². The van der Waals surface area contributed by atoms with Crippen LogP contribution in [-0.4, -0.2) is 26.2 Å². The fourth-order valence-electron chi connectivity index (χ4n) is 1.02. The average molecular weight is 265 g/mol. The lowest BCUT2D eigenvalue weighted by Crippen LogP contribution is -2.20. The van der Waals surface area contributed by atoms with Crippen molar-refractivity contribution in [2.45, 2.75) is 32.2 Å². The highest BCUT2D eigenvalue weighted by molar-refractivity contribution is 7.93. The van der Waals surface area contributed by atoms with Gasteiger partial charge in [-0.25, -0.2) is 0 Å². The zero-order valence-corrected chi connectivity index (χ0v) is 10.5. The number of hydrogen-bond donors (Lipinski definition) is 0. The van der Waals surface area contributed by atoms with Gasteiger partial charge in [0.05, 0.1) is 0 Å². The molecule has 0 aromatic rings. The second kappa shape index (κ2) is 5.89. The average Bonchev–Trinajstić information content (AvgIpc) is 2.02. The summed E-state index contributed by atoms with van der Waals surface area (Å²) in [4.78, 5) is 0. The van der Waals surface area contributed by atoms with Crippen LogP contribution < -0.4 is 0 Å². The molecule has 0 amide bonds. The van der Waals surface area contributed by atoms with Gasteiger partial charge in [0.1, 0.15) is 0 Å². The molecule has 0 aromatic carbocycles. The Kier molecular flexibility index (Phi) is 5.88. The van der Waals surface area contributed by atoms with Gasteiger partial charge in [-0.2, -0.15) is 25.7 Å². The van der Waals surface area contributed by atoms with E-state index in [9.17, 15) is 21.6 Å². The Hall–Kier alpha value is -0.0300. The largest absolute Gasteiger partial charge is 0.518 e. The molecule has 0 aromatic heterocycles. The summed E-state index contributed by atoms with van der Waals surface area (Å²) in [5, 5.41) is 0. The second-order valence-corrected chi connectivity index (χ2v) is 7.35. The highest BCUT2D eigenvalue weighted by Gasteiger charge is 2.45. The number of rotatable bonds is 5. The number of halogens is 3. The van der Waals surface area contributed by atoms with Crippen LogP contribution in [0.15, 0.2) is 4.15 Å². The van der Waals surface area contributed by atoms with E-state index in [4.69, 9.17) is 0 Å². The fourth-order valence-corrected chi connectivity index (χ4v) is 4.92. The molecule has 0 bridgehead atoms. The lowest BCUT2D eigenvalue weighted by Gasteiger charge is -2.07. The van der Waals surface area contributed by atoms with Crippen molar-refractivity contribution < 1.29 is 21.6 Å². The third-order valence-corrected chi connectivity index (χ3v) is 6.35.